The molecule has 0 bridgehead atoms. The van der Waals surface area contributed by atoms with Gasteiger partial charge in [0.05, 0.1) is 12.1 Å². The molecule has 0 saturated heterocycles. The van der Waals surface area contributed by atoms with Crippen LogP contribution in [0.3, 0.4) is 0 Å². The molecular formula is C12H16N2O. The molecule has 0 aliphatic carbocycles. The maximum absolute atomic E-state index is 8.96. The maximum Gasteiger partial charge on any atom is 0.0610 e. The number of hydrogen-bond acceptors (Lipinski definition) is 2. The van der Waals surface area contributed by atoms with Crippen LogP contribution in [0, 0.1) is 13.8 Å². The minimum absolute atomic E-state index is 0.150. The van der Waals surface area contributed by atoms with Crippen molar-refractivity contribution in [2.45, 2.75) is 20.4 Å². The van der Waals surface area contributed by atoms with Gasteiger partial charge in [-0.1, -0.05) is 0 Å². The van der Waals surface area contributed by atoms with Crippen LogP contribution >= 0.6 is 0 Å². The summed E-state index contributed by atoms with van der Waals surface area (Å²) in [5.41, 5.74) is 10.1. The topological polar surface area (TPSA) is 51.2 Å². The fourth-order valence-corrected chi connectivity index (χ4v) is 1.93. The molecule has 3 heteroatoms. The third-order valence-electron chi connectivity index (χ3n) is 2.81. The first-order valence-corrected chi connectivity index (χ1v) is 5.10. The number of fused-ring (bicyclic) bond motifs is 1. The smallest absolute Gasteiger partial charge is 0.0610 e. The molecular weight excluding hydrogens is 188 g/mol. The van der Waals surface area contributed by atoms with E-state index in [1.165, 1.54) is 10.9 Å². The van der Waals surface area contributed by atoms with Crippen LogP contribution in [-0.4, -0.2) is 16.3 Å². The van der Waals surface area contributed by atoms with Gasteiger partial charge in [0.2, 0.25) is 0 Å². The number of rotatable bonds is 2. The van der Waals surface area contributed by atoms with Gasteiger partial charge in [-0.15, -0.1) is 0 Å². The van der Waals surface area contributed by atoms with Crippen LogP contribution in [0.2, 0.25) is 0 Å². The molecule has 0 aliphatic heterocycles. The quantitative estimate of drug-likeness (QED) is 0.733. The average Bonchev–Trinajstić information content (AvgIpc) is 2.46. The highest BCUT2D eigenvalue weighted by Gasteiger charge is 2.06. The standard InChI is InChI=1S/C12H16N2O/c1-8-5-10-9(2)7-14(3-4-15)12(10)6-11(8)13/h5-7,15H,3-4,13H2,1-2H3. The number of aliphatic hydroxyl groups excluding tert-OH is 1. The number of nitrogen functional groups attached to an aromatic ring is 1. The summed E-state index contributed by atoms with van der Waals surface area (Å²) in [5, 5.41) is 10.2. The van der Waals surface area contributed by atoms with Gasteiger partial charge in [0.1, 0.15) is 0 Å². The number of hydrogen-bond donors (Lipinski definition) is 2. The van der Waals surface area contributed by atoms with Gasteiger partial charge in [0, 0.05) is 23.8 Å². The van der Waals surface area contributed by atoms with E-state index in [9.17, 15) is 0 Å². The lowest BCUT2D eigenvalue weighted by molar-refractivity contribution is 0.278. The molecule has 0 amide bonds. The highest BCUT2D eigenvalue weighted by Crippen LogP contribution is 2.25. The third kappa shape index (κ3) is 1.59. The second-order valence-electron chi connectivity index (χ2n) is 3.96. The van der Waals surface area contributed by atoms with E-state index < -0.39 is 0 Å². The van der Waals surface area contributed by atoms with E-state index in [0.29, 0.717) is 6.54 Å². The Hall–Kier alpha value is -1.48. The number of benzene rings is 1. The lowest BCUT2D eigenvalue weighted by Crippen LogP contribution is -2.00. The zero-order chi connectivity index (χ0) is 11.0. The molecule has 1 aromatic heterocycles. The molecule has 0 saturated carbocycles. The van der Waals surface area contributed by atoms with E-state index in [1.54, 1.807) is 0 Å². The Morgan fingerprint density at radius 3 is 2.67 bits per heavy atom. The SMILES string of the molecule is Cc1cc2c(C)cn(CCO)c2cc1N. The molecule has 15 heavy (non-hydrogen) atoms. The van der Waals surface area contributed by atoms with Crippen LogP contribution in [0.4, 0.5) is 5.69 Å². The van der Waals surface area contributed by atoms with Gasteiger partial charge in [-0.3, -0.25) is 0 Å². The van der Waals surface area contributed by atoms with Gasteiger partial charge in [-0.05, 0) is 37.1 Å². The molecule has 2 rings (SSSR count). The van der Waals surface area contributed by atoms with Crippen molar-refractivity contribution in [1.82, 2.24) is 4.57 Å². The number of nitrogens with two attached hydrogens (primary N) is 1. The number of aliphatic hydroxyl groups is 1. The average molecular weight is 204 g/mol. The molecule has 2 aromatic rings. The molecule has 0 radical (unpaired) electrons. The van der Waals surface area contributed by atoms with E-state index in [0.717, 1.165) is 16.8 Å². The summed E-state index contributed by atoms with van der Waals surface area (Å²) in [4.78, 5) is 0. The second-order valence-corrected chi connectivity index (χ2v) is 3.96. The molecule has 3 nitrogen and oxygen atoms in total. The Kier molecular flexibility index (Phi) is 2.40. The Labute approximate surface area is 89.1 Å². The van der Waals surface area contributed by atoms with Crippen molar-refractivity contribution in [2.75, 3.05) is 12.3 Å². The number of aryl methyl sites for hydroxylation is 2. The fourth-order valence-electron chi connectivity index (χ4n) is 1.93. The van der Waals surface area contributed by atoms with Crippen molar-refractivity contribution >= 4 is 16.6 Å². The van der Waals surface area contributed by atoms with Crippen LogP contribution in [0.25, 0.3) is 10.9 Å². The van der Waals surface area contributed by atoms with Gasteiger partial charge in [0.25, 0.3) is 0 Å². The Balaban J connectivity index is 2.70. The molecule has 0 fully saturated rings. The van der Waals surface area contributed by atoms with Crippen molar-refractivity contribution in [2.24, 2.45) is 0 Å². The normalized spacial score (nSPS) is 11.1. The van der Waals surface area contributed by atoms with Gasteiger partial charge in [-0.2, -0.15) is 0 Å². The summed E-state index contributed by atoms with van der Waals surface area (Å²) in [6.07, 6.45) is 2.06. The van der Waals surface area contributed by atoms with Crippen LogP contribution in [-0.2, 0) is 6.54 Å². The molecule has 3 N–H and O–H groups in total. The maximum atomic E-state index is 8.96. The molecule has 0 atom stereocenters. The van der Waals surface area contributed by atoms with E-state index >= 15 is 0 Å². The summed E-state index contributed by atoms with van der Waals surface area (Å²) >= 11 is 0. The van der Waals surface area contributed by atoms with Crippen molar-refractivity contribution < 1.29 is 5.11 Å². The second kappa shape index (κ2) is 3.59. The summed E-state index contributed by atoms with van der Waals surface area (Å²) in [5.74, 6) is 0. The first-order chi connectivity index (χ1) is 7.13. The van der Waals surface area contributed by atoms with Crippen molar-refractivity contribution in [3.63, 3.8) is 0 Å². The molecule has 0 spiro atoms. The minimum Gasteiger partial charge on any atom is -0.398 e. The molecule has 1 aromatic carbocycles. The highest BCUT2D eigenvalue weighted by molar-refractivity contribution is 5.87. The first-order valence-electron chi connectivity index (χ1n) is 5.10. The van der Waals surface area contributed by atoms with Crippen LogP contribution < -0.4 is 5.73 Å². The van der Waals surface area contributed by atoms with Crippen molar-refractivity contribution in [1.29, 1.82) is 0 Å². The first kappa shape index (κ1) is 10.1. The summed E-state index contributed by atoms with van der Waals surface area (Å²) in [6.45, 7) is 4.85. The van der Waals surface area contributed by atoms with Crippen LogP contribution in [0.1, 0.15) is 11.1 Å². The van der Waals surface area contributed by atoms with Gasteiger partial charge < -0.3 is 15.4 Å². The van der Waals surface area contributed by atoms with Crippen molar-refractivity contribution in [3.05, 3.63) is 29.5 Å². The summed E-state index contributed by atoms with van der Waals surface area (Å²) in [6, 6.07) is 4.08. The zero-order valence-electron chi connectivity index (χ0n) is 9.12. The van der Waals surface area contributed by atoms with E-state index in [-0.39, 0.29) is 6.61 Å². The lowest BCUT2D eigenvalue weighted by Gasteiger charge is -2.05. The van der Waals surface area contributed by atoms with E-state index in [2.05, 4.69) is 19.2 Å². The monoisotopic (exact) mass is 204 g/mol. The summed E-state index contributed by atoms with van der Waals surface area (Å²) < 4.78 is 2.04. The number of aromatic nitrogens is 1. The summed E-state index contributed by atoms with van der Waals surface area (Å²) in [7, 11) is 0. The lowest BCUT2D eigenvalue weighted by atomic mass is 10.1. The van der Waals surface area contributed by atoms with Crippen molar-refractivity contribution in [3.8, 4) is 0 Å². The Morgan fingerprint density at radius 1 is 1.27 bits per heavy atom. The molecule has 80 valence electrons. The highest BCUT2D eigenvalue weighted by atomic mass is 16.3. The third-order valence-corrected chi connectivity index (χ3v) is 2.81. The van der Waals surface area contributed by atoms with Gasteiger partial charge >= 0.3 is 0 Å². The molecule has 0 aliphatic rings. The number of anilines is 1. The zero-order valence-corrected chi connectivity index (χ0v) is 9.12. The predicted molar refractivity (Wildman–Crippen MR) is 62.9 cm³/mol. The molecule has 1 heterocycles. The van der Waals surface area contributed by atoms with Gasteiger partial charge in [0.15, 0.2) is 0 Å². The minimum atomic E-state index is 0.150. The van der Waals surface area contributed by atoms with Crippen LogP contribution in [0.5, 0.6) is 0 Å². The Morgan fingerprint density at radius 2 is 2.00 bits per heavy atom. The van der Waals surface area contributed by atoms with Gasteiger partial charge in [-0.25, -0.2) is 0 Å². The van der Waals surface area contributed by atoms with E-state index in [4.69, 9.17) is 10.8 Å². The van der Waals surface area contributed by atoms with Crippen LogP contribution in [0.15, 0.2) is 18.3 Å². The fraction of sp³-hybridized carbons (Fsp3) is 0.333. The Bertz CT molecular complexity index is 500. The predicted octanol–water partition coefficient (Wildman–Crippen LogP) is 1.83. The molecule has 0 unspecified atom stereocenters. The number of nitrogens with zero attached hydrogens (tertiary/aromatic N) is 1. The van der Waals surface area contributed by atoms with E-state index in [1.807, 2.05) is 17.6 Å². The largest absolute Gasteiger partial charge is 0.398 e.